The number of benzene rings is 1. The minimum absolute atomic E-state index is 0. The first kappa shape index (κ1) is 13.6. The van der Waals surface area contributed by atoms with E-state index in [0.717, 1.165) is 22.4 Å². The molecule has 0 bridgehead atoms. The average Bonchev–Trinajstić information content (AvgIpc) is 2.65. The maximum atomic E-state index is 5.35. The predicted octanol–water partition coefficient (Wildman–Crippen LogP) is 2.75. The molecule has 1 N–H and O–H groups in total. The van der Waals surface area contributed by atoms with Crippen LogP contribution in [0.3, 0.4) is 0 Å². The maximum absolute atomic E-state index is 5.35. The van der Waals surface area contributed by atoms with E-state index in [2.05, 4.69) is 28.2 Å². The van der Waals surface area contributed by atoms with Gasteiger partial charge in [0.1, 0.15) is 0 Å². The maximum Gasteiger partial charge on any atom is 0.231 e. The predicted molar refractivity (Wildman–Crippen MR) is 69.7 cm³/mol. The van der Waals surface area contributed by atoms with Crippen LogP contribution in [0.5, 0.6) is 11.5 Å². The van der Waals surface area contributed by atoms with Gasteiger partial charge in [0.05, 0.1) is 0 Å². The van der Waals surface area contributed by atoms with Gasteiger partial charge in [-0.1, -0.05) is 15.9 Å². The van der Waals surface area contributed by atoms with E-state index < -0.39 is 0 Å². The van der Waals surface area contributed by atoms with Crippen molar-refractivity contribution in [3.8, 4) is 11.5 Å². The first-order chi connectivity index (χ1) is 7.20. The Labute approximate surface area is 110 Å². The Morgan fingerprint density at radius 3 is 2.62 bits per heavy atom. The second-order valence-electron chi connectivity index (χ2n) is 3.69. The van der Waals surface area contributed by atoms with Gasteiger partial charge in [0.25, 0.3) is 0 Å². The van der Waals surface area contributed by atoms with E-state index in [9.17, 15) is 0 Å². The van der Waals surface area contributed by atoms with Crippen LogP contribution in [0.1, 0.15) is 12.5 Å². The number of halogens is 2. The number of hydrogen-bond donors (Lipinski definition) is 1. The smallest absolute Gasteiger partial charge is 0.231 e. The van der Waals surface area contributed by atoms with Gasteiger partial charge < -0.3 is 14.8 Å². The van der Waals surface area contributed by atoms with Crippen molar-refractivity contribution < 1.29 is 9.47 Å². The van der Waals surface area contributed by atoms with E-state index in [0.29, 0.717) is 12.8 Å². The lowest BCUT2D eigenvalue weighted by Crippen LogP contribution is -2.23. The van der Waals surface area contributed by atoms with Crippen molar-refractivity contribution in [1.82, 2.24) is 5.32 Å². The van der Waals surface area contributed by atoms with Gasteiger partial charge in [-0.15, -0.1) is 12.4 Å². The third kappa shape index (κ3) is 2.81. The highest BCUT2D eigenvalue weighted by molar-refractivity contribution is 9.10. The normalized spacial score (nSPS) is 14.4. The van der Waals surface area contributed by atoms with Gasteiger partial charge in [0.15, 0.2) is 11.5 Å². The first-order valence-electron chi connectivity index (χ1n) is 4.96. The third-order valence-corrected chi connectivity index (χ3v) is 3.30. The molecule has 3 nitrogen and oxygen atoms in total. The fourth-order valence-corrected chi connectivity index (χ4v) is 2.03. The Kier molecular flexibility index (Phi) is 4.89. The highest BCUT2D eigenvalue weighted by atomic mass is 79.9. The molecule has 0 saturated heterocycles. The van der Waals surface area contributed by atoms with E-state index in [1.165, 1.54) is 5.56 Å². The van der Waals surface area contributed by atoms with Crippen molar-refractivity contribution in [2.45, 2.75) is 19.4 Å². The summed E-state index contributed by atoms with van der Waals surface area (Å²) < 4.78 is 11.7. The van der Waals surface area contributed by atoms with Crippen LogP contribution in [0.15, 0.2) is 16.6 Å². The number of rotatable bonds is 3. The molecule has 0 saturated carbocycles. The van der Waals surface area contributed by atoms with Gasteiger partial charge in [-0.2, -0.15) is 0 Å². The second kappa shape index (κ2) is 5.75. The third-order valence-electron chi connectivity index (χ3n) is 2.56. The number of likely N-dealkylation sites (N-methyl/N-ethyl adjacent to an activating group) is 1. The van der Waals surface area contributed by atoms with Crippen LogP contribution in [0.4, 0.5) is 0 Å². The molecule has 1 aliphatic rings. The summed E-state index contributed by atoms with van der Waals surface area (Å²) in [4.78, 5) is 0. The van der Waals surface area contributed by atoms with Crippen molar-refractivity contribution in [3.05, 3.63) is 22.2 Å². The highest BCUT2D eigenvalue weighted by Gasteiger charge is 2.16. The summed E-state index contributed by atoms with van der Waals surface area (Å²) in [5.41, 5.74) is 1.24. The Morgan fingerprint density at radius 1 is 1.38 bits per heavy atom. The minimum Gasteiger partial charge on any atom is -0.454 e. The van der Waals surface area contributed by atoms with E-state index in [1.807, 2.05) is 19.2 Å². The molecular formula is C11H15BrClNO2. The number of nitrogens with one attached hydrogen (secondary N) is 1. The molecule has 16 heavy (non-hydrogen) atoms. The summed E-state index contributed by atoms with van der Waals surface area (Å²) in [6, 6.07) is 4.46. The van der Waals surface area contributed by atoms with Gasteiger partial charge in [0, 0.05) is 10.5 Å². The van der Waals surface area contributed by atoms with Gasteiger partial charge in [-0.25, -0.2) is 0 Å². The van der Waals surface area contributed by atoms with Crippen LogP contribution < -0.4 is 14.8 Å². The average molecular weight is 309 g/mol. The molecule has 1 unspecified atom stereocenters. The summed E-state index contributed by atoms with van der Waals surface area (Å²) in [5, 5.41) is 3.22. The topological polar surface area (TPSA) is 30.5 Å². The molecule has 0 spiro atoms. The van der Waals surface area contributed by atoms with Crippen molar-refractivity contribution in [2.75, 3.05) is 13.8 Å². The summed E-state index contributed by atoms with van der Waals surface area (Å²) in [6.45, 7) is 2.48. The summed E-state index contributed by atoms with van der Waals surface area (Å²) >= 11 is 3.54. The van der Waals surface area contributed by atoms with Gasteiger partial charge in [-0.3, -0.25) is 0 Å². The molecule has 1 heterocycles. The highest BCUT2D eigenvalue weighted by Crippen LogP contribution is 2.37. The summed E-state index contributed by atoms with van der Waals surface area (Å²) in [5.74, 6) is 1.67. The summed E-state index contributed by atoms with van der Waals surface area (Å²) in [6.07, 6.45) is 0.966. The van der Waals surface area contributed by atoms with Crippen LogP contribution in [0, 0.1) is 0 Å². The zero-order chi connectivity index (χ0) is 10.8. The molecule has 0 fully saturated rings. The Hall–Kier alpha value is -0.450. The van der Waals surface area contributed by atoms with Crippen molar-refractivity contribution in [1.29, 1.82) is 0 Å². The Bertz CT molecular complexity index is 373. The molecule has 1 aliphatic heterocycles. The van der Waals surface area contributed by atoms with Crippen molar-refractivity contribution >= 4 is 28.3 Å². The van der Waals surface area contributed by atoms with E-state index >= 15 is 0 Å². The monoisotopic (exact) mass is 307 g/mol. The van der Waals surface area contributed by atoms with Gasteiger partial charge in [0.2, 0.25) is 6.79 Å². The van der Waals surface area contributed by atoms with Crippen LogP contribution in [-0.4, -0.2) is 19.9 Å². The molecule has 1 atom stereocenters. The number of hydrogen-bond acceptors (Lipinski definition) is 3. The minimum atomic E-state index is 0. The summed E-state index contributed by atoms with van der Waals surface area (Å²) in [7, 11) is 1.96. The zero-order valence-corrected chi connectivity index (χ0v) is 11.7. The lowest BCUT2D eigenvalue weighted by Gasteiger charge is -2.12. The van der Waals surface area contributed by atoms with Crippen LogP contribution in [-0.2, 0) is 6.42 Å². The van der Waals surface area contributed by atoms with Crippen LogP contribution in [0.25, 0.3) is 0 Å². The quantitative estimate of drug-likeness (QED) is 0.931. The SMILES string of the molecule is CNC(C)Cc1cc2c(cc1Br)OCO2.Cl. The van der Waals surface area contributed by atoms with Crippen molar-refractivity contribution in [3.63, 3.8) is 0 Å². The lowest BCUT2D eigenvalue weighted by molar-refractivity contribution is 0.174. The molecular weight excluding hydrogens is 293 g/mol. The second-order valence-corrected chi connectivity index (χ2v) is 4.55. The van der Waals surface area contributed by atoms with Gasteiger partial charge >= 0.3 is 0 Å². The Balaban J connectivity index is 0.00000128. The molecule has 5 heteroatoms. The fraction of sp³-hybridized carbons (Fsp3) is 0.455. The standard InChI is InChI=1S/C11H14BrNO2.ClH/c1-7(13-2)3-8-4-10-11(5-9(8)12)15-6-14-10;/h4-5,7,13H,3,6H2,1-2H3;1H. The van der Waals surface area contributed by atoms with Crippen LogP contribution in [0.2, 0.25) is 0 Å². The zero-order valence-electron chi connectivity index (χ0n) is 9.25. The fourth-order valence-electron chi connectivity index (χ4n) is 1.55. The molecule has 2 rings (SSSR count). The number of ether oxygens (including phenoxy) is 2. The molecule has 90 valence electrons. The molecule has 1 aromatic carbocycles. The number of fused-ring (bicyclic) bond motifs is 1. The van der Waals surface area contributed by atoms with E-state index in [4.69, 9.17) is 9.47 Å². The van der Waals surface area contributed by atoms with E-state index in [1.54, 1.807) is 0 Å². The molecule has 1 aromatic rings. The van der Waals surface area contributed by atoms with E-state index in [-0.39, 0.29) is 12.4 Å². The molecule has 0 aliphatic carbocycles. The molecule has 0 aromatic heterocycles. The van der Waals surface area contributed by atoms with Gasteiger partial charge in [-0.05, 0) is 38.1 Å². The molecule has 0 amide bonds. The van der Waals surface area contributed by atoms with Crippen LogP contribution >= 0.6 is 28.3 Å². The first-order valence-corrected chi connectivity index (χ1v) is 5.75. The lowest BCUT2D eigenvalue weighted by atomic mass is 10.1. The molecule has 0 radical (unpaired) electrons. The Morgan fingerprint density at radius 2 is 2.00 bits per heavy atom. The largest absolute Gasteiger partial charge is 0.454 e. The van der Waals surface area contributed by atoms with Crippen molar-refractivity contribution in [2.24, 2.45) is 0 Å².